The van der Waals surface area contributed by atoms with Crippen LogP contribution in [0.4, 0.5) is 4.79 Å². The Balaban J connectivity index is 2.50. The molecule has 0 bridgehead atoms. The fourth-order valence-corrected chi connectivity index (χ4v) is 4.84. The standard InChI is InChI=1S/C30H49N3O4/c1-9-10-11-18-31-27(34)26(25-21(4)14-12-15-22(25)5)33(23-16-13-17-23)28(35)24(19-20(2)3)32-29(36)37-30(6,7)8/h12,14-15,20,23-24,26H,9-11,13,16-19H2,1-8H3,(H,31,34)(H,32,36). The van der Waals surface area contributed by atoms with E-state index in [4.69, 9.17) is 4.74 Å². The van der Waals surface area contributed by atoms with Crippen LogP contribution >= 0.6 is 0 Å². The molecule has 1 aliphatic carbocycles. The number of hydrogen-bond donors (Lipinski definition) is 2. The molecule has 0 aromatic heterocycles. The van der Waals surface area contributed by atoms with Crippen molar-refractivity contribution in [3.8, 4) is 0 Å². The number of hydrogen-bond acceptors (Lipinski definition) is 4. The van der Waals surface area contributed by atoms with E-state index in [2.05, 4.69) is 17.6 Å². The molecule has 3 amide bonds. The summed E-state index contributed by atoms with van der Waals surface area (Å²) in [5.41, 5.74) is 2.15. The molecule has 1 aromatic carbocycles. The number of amides is 3. The summed E-state index contributed by atoms with van der Waals surface area (Å²) in [6.07, 6.45) is 5.54. The Morgan fingerprint density at radius 3 is 2.19 bits per heavy atom. The first-order chi connectivity index (χ1) is 17.4. The summed E-state index contributed by atoms with van der Waals surface area (Å²) in [6.45, 7) is 16.1. The molecular weight excluding hydrogens is 466 g/mol. The first-order valence-electron chi connectivity index (χ1n) is 14.0. The molecule has 7 heteroatoms. The van der Waals surface area contributed by atoms with Gasteiger partial charge in [0.25, 0.3) is 0 Å². The van der Waals surface area contributed by atoms with E-state index in [1.807, 2.05) is 45.9 Å². The van der Waals surface area contributed by atoms with Gasteiger partial charge in [0, 0.05) is 12.6 Å². The lowest BCUT2D eigenvalue weighted by Gasteiger charge is -2.44. The molecule has 0 radical (unpaired) electrons. The van der Waals surface area contributed by atoms with Gasteiger partial charge in [-0.15, -0.1) is 0 Å². The van der Waals surface area contributed by atoms with Gasteiger partial charge in [-0.2, -0.15) is 0 Å². The quantitative estimate of drug-likeness (QED) is 0.336. The summed E-state index contributed by atoms with van der Waals surface area (Å²) in [4.78, 5) is 42.7. The molecule has 0 saturated heterocycles. The SMILES string of the molecule is CCCCCNC(=O)C(c1c(C)cccc1C)N(C(=O)C(CC(C)C)NC(=O)OC(C)(C)C)C1CCC1. The fraction of sp³-hybridized carbons (Fsp3) is 0.700. The molecule has 1 saturated carbocycles. The second kappa shape index (κ2) is 13.8. The van der Waals surface area contributed by atoms with Crippen molar-refractivity contribution >= 4 is 17.9 Å². The minimum Gasteiger partial charge on any atom is -0.444 e. The lowest BCUT2D eigenvalue weighted by molar-refractivity contribution is -0.147. The smallest absolute Gasteiger partial charge is 0.408 e. The third-order valence-electron chi connectivity index (χ3n) is 6.84. The van der Waals surface area contributed by atoms with Gasteiger partial charge in [-0.1, -0.05) is 51.8 Å². The molecule has 0 aliphatic heterocycles. The molecular formula is C30H49N3O4. The van der Waals surface area contributed by atoms with Crippen molar-refractivity contribution in [3.05, 3.63) is 34.9 Å². The number of unbranched alkanes of at least 4 members (excludes halogenated alkanes) is 2. The normalized spacial score (nSPS) is 15.5. The van der Waals surface area contributed by atoms with Crippen LogP contribution in [-0.4, -0.2) is 47.0 Å². The molecule has 2 rings (SSSR count). The minimum atomic E-state index is -0.782. The maximum absolute atomic E-state index is 14.3. The summed E-state index contributed by atoms with van der Waals surface area (Å²) >= 11 is 0. The average molecular weight is 516 g/mol. The summed E-state index contributed by atoms with van der Waals surface area (Å²) in [6, 6.07) is 4.38. The van der Waals surface area contributed by atoms with Crippen LogP contribution < -0.4 is 10.6 Å². The van der Waals surface area contributed by atoms with Gasteiger partial charge in [0.2, 0.25) is 11.8 Å². The third-order valence-corrected chi connectivity index (χ3v) is 6.84. The van der Waals surface area contributed by atoms with Gasteiger partial charge in [0.15, 0.2) is 0 Å². The van der Waals surface area contributed by atoms with Crippen LogP contribution in [0.1, 0.15) is 109 Å². The van der Waals surface area contributed by atoms with Crippen molar-refractivity contribution in [1.82, 2.24) is 15.5 Å². The van der Waals surface area contributed by atoms with Crippen LogP contribution in [-0.2, 0) is 14.3 Å². The maximum Gasteiger partial charge on any atom is 0.408 e. The Hall–Kier alpha value is -2.57. The molecule has 1 fully saturated rings. The molecule has 1 aromatic rings. The molecule has 37 heavy (non-hydrogen) atoms. The molecule has 1 aliphatic rings. The van der Waals surface area contributed by atoms with E-state index in [0.29, 0.717) is 13.0 Å². The van der Waals surface area contributed by atoms with Crippen molar-refractivity contribution in [3.63, 3.8) is 0 Å². The van der Waals surface area contributed by atoms with E-state index in [0.717, 1.165) is 55.2 Å². The number of alkyl carbamates (subject to hydrolysis) is 1. The number of aryl methyl sites for hydroxylation is 2. The Bertz CT molecular complexity index is 898. The van der Waals surface area contributed by atoms with Gasteiger partial charge < -0.3 is 20.3 Å². The van der Waals surface area contributed by atoms with Gasteiger partial charge in [0.1, 0.15) is 17.7 Å². The molecule has 208 valence electrons. The van der Waals surface area contributed by atoms with E-state index >= 15 is 0 Å². The van der Waals surface area contributed by atoms with Crippen molar-refractivity contribution in [1.29, 1.82) is 0 Å². The lowest BCUT2D eigenvalue weighted by atomic mass is 9.85. The molecule has 0 spiro atoms. The average Bonchev–Trinajstić information content (AvgIpc) is 2.74. The number of nitrogens with zero attached hydrogens (tertiary/aromatic N) is 1. The van der Waals surface area contributed by atoms with Gasteiger partial charge in [-0.25, -0.2) is 4.79 Å². The first-order valence-corrected chi connectivity index (χ1v) is 14.0. The van der Waals surface area contributed by atoms with Gasteiger partial charge in [0.05, 0.1) is 0 Å². The van der Waals surface area contributed by atoms with E-state index in [-0.39, 0.29) is 23.8 Å². The Morgan fingerprint density at radius 1 is 1.08 bits per heavy atom. The van der Waals surface area contributed by atoms with E-state index < -0.39 is 23.8 Å². The van der Waals surface area contributed by atoms with Crippen LogP contribution in [0.5, 0.6) is 0 Å². The number of rotatable bonds is 12. The summed E-state index contributed by atoms with van der Waals surface area (Å²) in [5.74, 6) is -0.219. The highest BCUT2D eigenvalue weighted by Gasteiger charge is 2.42. The summed E-state index contributed by atoms with van der Waals surface area (Å²) in [5, 5.41) is 5.95. The predicted octanol–water partition coefficient (Wildman–Crippen LogP) is 5.97. The number of ether oxygens (including phenoxy) is 1. The van der Waals surface area contributed by atoms with Crippen molar-refractivity contribution < 1.29 is 19.1 Å². The zero-order valence-corrected chi connectivity index (χ0v) is 24.3. The lowest BCUT2D eigenvalue weighted by Crippen LogP contribution is -2.58. The van der Waals surface area contributed by atoms with E-state index in [1.165, 1.54) is 0 Å². The third kappa shape index (κ3) is 9.04. The fourth-order valence-electron chi connectivity index (χ4n) is 4.84. The van der Waals surface area contributed by atoms with Gasteiger partial charge in [-0.05, 0) is 89.3 Å². The monoisotopic (exact) mass is 515 g/mol. The molecule has 0 heterocycles. The zero-order valence-electron chi connectivity index (χ0n) is 24.3. The molecule has 2 atom stereocenters. The minimum absolute atomic E-state index is 0.0482. The highest BCUT2D eigenvalue weighted by molar-refractivity contribution is 5.93. The second-order valence-electron chi connectivity index (χ2n) is 11.9. The number of benzene rings is 1. The maximum atomic E-state index is 14.3. The van der Waals surface area contributed by atoms with E-state index in [9.17, 15) is 14.4 Å². The summed E-state index contributed by atoms with van der Waals surface area (Å²) < 4.78 is 5.49. The van der Waals surface area contributed by atoms with Crippen LogP contribution in [0.3, 0.4) is 0 Å². The van der Waals surface area contributed by atoms with Crippen molar-refractivity contribution in [2.75, 3.05) is 6.54 Å². The zero-order chi connectivity index (χ0) is 27.8. The highest BCUT2D eigenvalue weighted by atomic mass is 16.6. The van der Waals surface area contributed by atoms with Crippen LogP contribution in [0, 0.1) is 19.8 Å². The molecule has 2 N–H and O–H groups in total. The van der Waals surface area contributed by atoms with Crippen molar-refractivity contribution in [2.24, 2.45) is 5.92 Å². The molecule has 2 unspecified atom stereocenters. The van der Waals surface area contributed by atoms with Gasteiger partial charge in [-0.3, -0.25) is 9.59 Å². The Morgan fingerprint density at radius 2 is 1.70 bits per heavy atom. The van der Waals surface area contributed by atoms with Crippen molar-refractivity contribution in [2.45, 2.75) is 124 Å². The van der Waals surface area contributed by atoms with Crippen LogP contribution in [0.25, 0.3) is 0 Å². The second-order valence-corrected chi connectivity index (χ2v) is 11.9. The topological polar surface area (TPSA) is 87.7 Å². The Kier molecular flexibility index (Phi) is 11.5. The number of carbonyl (C=O) groups is 3. The number of nitrogens with one attached hydrogen (secondary N) is 2. The van der Waals surface area contributed by atoms with E-state index in [1.54, 1.807) is 25.7 Å². The molecule has 7 nitrogen and oxygen atoms in total. The van der Waals surface area contributed by atoms with Crippen LogP contribution in [0.15, 0.2) is 18.2 Å². The highest BCUT2D eigenvalue weighted by Crippen LogP contribution is 2.36. The summed E-state index contributed by atoms with van der Waals surface area (Å²) in [7, 11) is 0. The van der Waals surface area contributed by atoms with Gasteiger partial charge >= 0.3 is 6.09 Å². The predicted molar refractivity (Wildman–Crippen MR) is 148 cm³/mol. The largest absolute Gasteiger partial charge is 0.444 e. The Labute approximate surface area is 224 Å². The number of carbonyl (C=O) groups excluding carboxylic acids is 3. The first kappa shape index (κ1) is 30.7. The van der Waals surface area contributed by atoms with Crippen LogP contribution in [0.2, 0.25) is 0 Å².